The normalized spacial score (nSPS) is 26.1. The standard InChI is InChI=1S/C23H36O2.2C2H6/c1-5-23(15-19-8-9-20(14-19)16-23)22(24-4)25-21-12-10-18(11-13-21)7-6-17(2)3;2*1-2/h10-13,17,19-20,22H,5-9,14-16H2,1-4H3;2*1-2H3. The van der Waals surface area contributed by atoms with Gasteiger partial charge in [0.05, 0.1) is 0 Å². The summed E-state index contributed by atoms with van der Waals surface area (Å²) < 4.78 is 12.3. The number of methoxy groups -OCH3 is 1. The van der Waals surface area contributed by atoms with Gasteiger partial charge in [0.1, 0.15) is 5.75 Å². The largest absolute Gasteiger partial charge is 0.464 e. The van der Waals surface area contributed by atoms with Crippen LogP contribution < -0.4 is 4.74 Å². The van der Waals surface area contributed by atoms with Crippen LogP contribution in [0.5, 0.6) is 5.75 Å². The molecule has 2 aliphatic carbocycles. The zero-order valence-corrected chi connectivity index (χ0v) is 20.6. The van der Waals surface area contributed by atoms with Crippen LogP contribution in [0, 0.1) is 23.2 Å². The van der Waals surface area contributed by atoms with Gasteiger partial charge in [0.25, 0.3) is 0 Å². The molecule has 0 spiro atoms. The van der Waals surface area contributed by atoms with Crippen LogP contribution in [0.25, 0.3) is 0 Å². The summed E-state index contributed by atoms with van der Waals surface area (Å²) in [5.74, 6) is 3.47. The number of rotatable bonds is 8. The first kappa shape index (κ1) is 26.0. The Labute approximate surface area is 181 Å². The maximum Gasteiger partial charge on any atom is 0.205 e. The van der Waals surface area contributed by atoms with Crippen LogP contribution in [0.4, 0.5) is 0 Å². The van der Waals surface area contributed by atoms with Crippen LogP contribution in [0.1, 0.15) is 99.0 Å². The predicted octanol–water partition coefficient (Wildman–Crippen LogP) is 8.29. The fraction of sp³-hybridized carbons (Fsp3) is 0.778. The Morgan fingerprint density at radius 2 is 1.52 bits per heavy atom. The molecule has 0 N–H and O–H groups in total. The Hall–Kier alpha value is -1.02. The van der Waals surface area contributed by atoms with E-state index in [1.807, 2.05) is 34.8 Å². The van der Waals surface area contributed by atoms with Crippen LogP contribution in [0.3, 0.4) is 0 Å². The van der Waals surface area contributed by atoms with E-state index in [2.05, 4.69) is 45.0 Å². The lowest BCUT2D eigenvalue weighted by Gasteiger charge is -2.44. The van der Waals surface area contributed by atoms with Gasteiger partial charge in [-0.3, -0.25) is 0 Å². The maximum atomic E-state index is 6.38. The molecule has 0 aliphatic heterocycles. The molecule has 1 aromatic carbocycles. The second-order valence-electron chi connectivity index (χ2n) is 8.93. The molecule has 2 fully saturated rings. The first-order valence-corrected chi connectivity index (χ1v) is 12.3. The zero-order chi connectivity index (χ0) is 21.9. The maximum absolute atomic E-state index is 6.38. The van der Waals surface area contributed by atoms with Crippen LogP contribution in [0.2, 0.25) is 0 Å². The Kier molecular flexibility index (Phi) is 11.9. The van der Waals surface area contributed by atoms with Crippen molar-refractivity contribution < 1.29 is 9.47 Å². The second kappa shape index (κ2) is 13.3. The third-order valence-corrected chi connectivity index (χ3v) is 6.64. The second-order valence-corrected chi connectivity index (χ2v) is 8.93. The van der Waals surface area contributed by atoms with Crippen molar-refractivity contribution in [3.05, 3.63) is 29.8 Å². The van der Waals surface area contributed by atoms with E-state index < -0.39 is 0 Å². The van der Waals surface area contributed by atoms with E-state index in [9.17, 15) is 0 Å². The molecule has 2 nitrogen and oxygen atoms in total. The molecule has 2 heteroatoms. The lowest BCUT2D eigenvalue weighted by Crippen LogP contribution is -2.44. The lowest BCUT2D eigenvalue weighted by molar-refractivity contribution is -0.162. The summed E-state index contributed by atoms with van der Waals surface area (Å²) in [5.41, 5.74) is 1.59. The van der Waals surface area contributed by atoms with E-state index in [1.165, 1.54) is 44.1 Å². The van der Waals surface area contributed by atoms with Crippen molar-refractivity contribution in [1.82, 2.24) is 0 Å². The summed E-state index contributed by atoms with van der Waals surface area (Å²) in [6.07, 6.45) is 10.2. The van der Waals surface area contributed by atoms with Gasteiger partial charge >= 0.3 is 0 Å². The molecule has 2 saturated carbocycles. The smallest absolute Gasteiger partial charge is 0.205 e. The molecule has 3 rings (SSSR count). The first-order valence-electron chi connectivity index (χ1n) is 12.3. The van der Waals surface area contributed by atoms with Gasteiger partial charge in [-0.2, -0.15) is 0 Å². The molecule has 0 aromatic heterocycles. The minimum Gasteiger partial charge on any atom is -0.464 e. The molecule has 0 amide bonds. The van der Waals surface area contributed by atoms with Gasteiger partial charge in [-0.25, -0.2) is 0 Å². The highest BCUT2D eigenvalue weighted by atomic mass is 16.7. The van der Waals surface area contributed by atoms with E-state index in [1.54, 1.807) is 0 Å². The van der Waals surface area contributed by atoms with Gasteiger partial charge in [0.2, 0.25) is 6.29 Å². The highest BCUT2D eigenvalue weighted by molar-refractivity contribution is 5.27. The number of fused-ring (bicyclic) bond motifs is 2. The van der Waals surface area contributed by atoms with Gasteiger partial charge in [0.15, 0.2) is 0 Å². The van der Waals surface area contributed by atoms with E-state index in [-0.39, 0.29) is 11.7 Å². The van der Waals surface area contributed by atoms with Crippen molar-refractivity contribution >= 4 is 0 Å². The van der Waals surface area contributed by atoms with Crippen molar-refractivity contribution in [2.45, 2.75) is 106 Å². The molecule has 0 heterocycles. The number of benzene rings is 1. The van der Waals surface area contributed by atoms with Crippen molar-refractivity contribution in [2.75, 3.05) is 7.11 Å². The summed E-state index contributed by atoms with van der Waals surface area (Å²) in [4.78, 5) is 0. The molecule has 0 saturated heterocycles. The van der Waals surface area contributed by atoms with Crippen molar-refractivity contribution in [3.8, 4) is 5.75 Å². The summed E-state index contributed by atoms with van der Waals surface area (Å²) in [6, 6.07) is 8.69. The Morgan fingerprint density at radius 3 is 1.97 bits per heavy atom. The van der Waals surface area contributed by atoms with Crippen molar-refractivity contribution in [3.63, 3.8) is 0 Å². The average Bonchev–Trinajstić information content (AvgIpc) is 3.12. The van der Waals surface area contributed by atoms with E-state index in [4.69, 9.17) is 9.47 Å². The third kappa shape index (κ3) is 7.31. The average molecular weight is 405 g/mol. The first-order chi connectivity index (χ1) is 14.0. The Bertz CT molecular complexity index is 522. The van der Waals surface area contributed by atoms with Crippen LogP contribution in [-0.2, 0) is 11.2 Å². The van der Waals surface area contributed by atoms with Gasteiger partial charge < -0.3 is 9.47 Å². The fourth-order valence-corrected chi connectivity index (χ4v) is 5.17. The van der Waals surface area contributed by atoms with Crippen LogP contribution in [0.15, 0.2) is 24.3 Å². The number of ether oxygens (including phenoxy) is 2. The molecule has 2 bridgehead atoms. The van der Waals surface area contributed by atoms with Gasteiger partial charge in [-0.1, -0.05) is 73.4 Å². The highest BCUT2D eigenvalue weighted by Gasteiger charge is 2.48. The summed E-state index contributed by atoms with van der Waals surface area (Å²) in [6.45, 7) is 14.9. The van der Waals surface area contributed by atoms with Crippen LogP contribution >= 0.6 is 0 Å². The molecule has 1 aromatic rings. The molecule has 3 atom stereocenters. The van der Waals surface area contributed by atoms with E-state index in [0.717, 1.165) is 36.3 Å². The predicted molar refractivity (Wildman–Crippen MR) is 127 cm³/mol. The molecule has 2 aliphatic rings. The minimum atomic E-state index is -0.123. The quantitative estimate of drug-likeness (QED) is 0.406. The number of hydrogen-bond acceptors (Lipinski definition) is 2. The monoisotopic (exact) mass is 404 g/mol. The topological polar surface area (TPSA) is 18.5 Å². The molecule has 168 valence electrons. The Morgan fingerprint density at radius 1 is 0.966 bits per heavy atom. The molecular formula is C27H48O2. The number of aryl methyl sites for hydroxylation is 1. The van der Waals surface area contributed by atoms with Crippen molar-refractivity contribution in [1.29, 1.82) is 0 Å². The fourth-order valence-electron chi connectivity index (χ4n) is 5.17. The molecular weight excluding hydrogens is 356 g/mol. The van der Waals surface area contributed by atoms with Crippen LogP contribution in [-0.4, -0.2) is 13.4 Å². The van der Waals surface area contributed by atoms with Gasteiger partial charge in [0, 0.05) is 12.5 Å². The number of hydrogen-bond donors (Lipinski definition) is 0. The van der Waals surface area contributed by atoms with E-state index in [0.29, 0.717) is 0 Å². The Balaban J connectivity index is 0.000000989. The molecule has 0 radical (unpaired) electrons. The van der Waals surface area contributed by atoms with Gasteiger partial charge in [-0.05, 0) is 74.0 Å². The third-order valence-electron chi connectivity index (χ3n) is 6.64. The molecule has 29 heavy (non-hydrogen) atoms. The highest BCUT2D eigenvalue weighted by Crippen LogP contribution is 2.54. The zero-order valence-electron chi connectivity index (χ0n) is 20.6. The lowest BCUT2D eigenvalue weighted by atomic mass is 9.67. The van der Waals surface area contributed by atoms with Crippen molar-refractivity contribution in [2.24, 2.45) is 23.2 Å². The molecule has 3 unspecified atom stereocenters. The summed E-state index contributed by atoms with van der Waals surface area (Å²) in [5, 5.41) is 0. The minimum absolute atomic E-state index is 0.123. The SMILES string of the molecule is CC.CC.CCC1(C(OC)Oc2ccc(CCC(C)C)cc2)CC2CCC(C2)C1. The van der Waals surface area contributed by atoms with Gasteiger partial charge in [-0.15, -0.1) is 0 Å². The van der Waals surface area contributed by atoms with E-state index >= 15 is 0 Å². The summed E-state index contributed by atoms with van der Waals surface area (Å²) in [7, 11) is 1.82. The summed E-state index contributed by atoms with van der Waals surface area (Å²) >= 11 is 0.